The first-order chi connectivity index (χ1) is 26.2. The predicted molar refractivity (Wildman–Crippen MR) is 206 cm³/mol. The number of hydrogen-bond donors (Lipinski definition) is 12. The van der Waals surface area contributed by atoms with Crippen LogP contribution >= 0.6 is 0 Å². The van der Waals surface area contributed by atoms with Gasteiger partial charge in [0, 0.05) is 13.0 Å². The third kappa shape index (κ3) is 17.8. The van der Waals surface area contributed by atoms with Crippen molar-refractivity contribution in [1.82, 2.24) is 31.9 Å². The van der Waals surface area contributed by atoms with Gasteiger partial charge in [-0.05, 0) is 54.7 Å². The third-order valence-corrected chi connectivity index (χ3v) is 8.38. The summed E-state index contributed by atoms with van der Waals surface area (Å²) in [6, 6.07) is -1.48. The van der Waals surface area contributed by atoms with Gasteiger partial charge in [0.25, 0.3) is 0 Å². The summed E-state index contributed by atoms with van der Waals surface area (Å²) in [7, 11) is 0. The summed E-state index contributed by atoms with van der Waals surface area (Å²) >= 11 is 0. The number of carboxylic acid groups (broad SMARTS) is 1. The summed E-state index contributed by atoms with van der Waals surface area (Å²) in [5.74, 6) is -7.07. The van der Waals surface area contributed by atoms with Gasteiger partial charge in [0.15, 0.2) is 5.96 Å². The van der Waals surface area contributed by atoms with Crippen LogP contribution in [0.2, 0.25) is 0 Å². The van der Waals surface area contributed by atoms with Crippen LogP contribution in [0, 0.1) is 17.8 Å². The molecule has 1 rings (SSSR count). The quantitative estimate of drug-likeness (QED) is 0.0288. The van der Waals surface area contributed by atoms with Gasteiger partial charge in [0.2, 0.25) is 35.4 Å². The van der Waals surface area contributed by atoms with Gasteiger partial charge in [0.05, 0.1) is 13.2 Å². The number of phenolic OH excluding ortho intramolecular Hbond substituents is 1. The molecule has 0 aliphatic rings. The highest BCUT2D eigenvalue weighted by Gasteiger charge is 2.34. The van der Waals surface area contributed by atoms with Crippen LogP contribution in [-0.2, 0) is 40.0 Å². The molecule has 15 N–H and O–H groups in total. The Morgan fingerprint density at radius 3 is 1.75 bits per heavy atom. The van der Waals surface area contributed by atoms with Crippen molar-refractivity contribution in [2.45, 2.75) is 103 Å². The van der Waals surface area contributed by atoms with Crippen molar-refractivity contribution < 1.29 is 48.9 Å². The first-order valence-corrected chi connectivity index (χ1v) is 18.4. The van der Waals surface area contributed by atoms with Gasteiger partial charge in [-0.3, -0.25) is 33.8 Å². The van der Waals surface area contributed by atoms with E-state index in [0.717, 1.165) is 0 Å². The van der Waals surface area contributed by atoms with Crippen molar-refractivity contribution in [2.24, 2.45) is 39.9 Å². The van der Waals surface area contributed by atoms with E-state index in [4.69, 9.17) is 17.2 Å². The van der Waals surface area contributed by atoms with E-state index in [0.29, 0.717) is 5.56 Å². The smallest absolute Gasteiger partial charge is 0.326 e. The molecular formula is C36H60N10O10. The molecule has 0 aromatic heterocycles. The lowest BCUT2D eigenvalue weighted by atomic mass is 9.98. The first kappa shape index (κ1) is 48.5. The van der Waals surface area contributed by atoms with Crippen LogP contribution in [0.5, 0.6) is 5.75 Å². The zero-order valence-electron chi connectivity index (χ0n) is 32.8. The number of nitrogens with two attached hydrogens (primary N) is 3. The van der Waals surface area contributed by atoms with Crippen LogP contribution < -0.4 is 49.1 Å². The number of nitrogens with zero attached hydrogens (tertiary/aromatic N) is 1. The van der Waals surface area contributed by atoms with E-state index in [1.165, 1.54) is 24.3 Å². The minimum atomic E-state index is -1.30. The average molecular weight is 793 g/mol. The Kier molecular flexibility index (Phi) is 20.9. The molecule has 0 aliphatic heterocycles. The lowest BCUT2D eigenvalue weighted by Crippen LogP contribution is -2.60. The highest BCUT2D eigenvalue weighted by atomic mass is 16.4. The summed E-state index contributed by atoms with van der Waals surface area (Å²) < 4.78 is 0. The number of aromatic hydroxyl groups is 1. The number of benzene rings is 1. The zero-order chi connectivity index (χ0) is 42.7. The number of amides is 6. The van der Waals surface area contributed by atoms with Crippen LogP contribution in [0.1, 0.15) is 66.4 Å². The van der Waals surface area contributed by atoms with Crippen molar-refractivity contribution in [3.8, 4) is 5.75 Å². The van der Waals surface area contributed by atoms with E-state index < -0.39 is 103 Å². The maximum atomic E-state index is 13.7. The minimum absolute atomic E-state index is 0.0138. The van der Waals surface area contributed by atoms with E-state index in [9.17, 15) is 48.9 Å². The number of hydrogen-bond acceptors (Lipinski definition) is 11. The molecule has 20 heteroatoms. The molecule has 1 aromatic carbocycles. The molecule has 0 aliphatic carbocycles. The number of rotatable bonds is 24. The molecule has 56 heavy (non-hydrogen) atoms. The molecule has 6 atom stereocenters. The topological polar surface area (TPSA) is 343 Å². The summed E-state index contributed by atoms with van der Waals surface area (Å²) in [5, 5.41) is 43.8. The molecule has 0 bridgehead atoms. The van der Waals surface area contributed by atoms with Crippen molar-refractivity contribution in [1.29, 1.82) is 0 Å². The van der Waals surface area contributed by atoms with Gasteiger partial charge in [-0.15, -0.1) is 0 Å². The maximum absolute atomic E-state index is 13.7. The Morgan fingerprint density at radius 2 is 1.25 bits per heavy atom. The summed E-state index contributed by atoms with van der Waals surface area (Å²) in [4.78, 5) is 94.8. The Balaban J connectivity index is 3.16. The molecule has 0 unspecified atom stereocenters. The largest absolute Gasteiger partial charge is 0.508 e. The Labute approximate surface area is 326 Å². The van der Waals surface area contributed by atoms with Crippen LogP contribution in [0.15, 0.2) is 29.3 Å². The maximum Gasteiger partial charge on any atom is 0.326 e. The van der Waals surface area contributed by atoms with Crippen molar-refractivity contribution in [3.05, 3.63) is 29.8 Å². The number of aliphatic imine (C=N–C) groups is 1. The van der Waals surface area contributed by atoms with Crippen LogP contribution in [0.25, 0.3) is 0 Å². The standard InChI is InChI=1S/C36H60N10O10/c1-18(2)14-25(32(52)43-24(35(55)56)8-7-13-40-36(38)39)42-27(49)16-41-31(51)26(15-21-9-11-22(48)12-10-21)44-33(53)28(19(3)4)46-34(54)29(20(5)6)45-30(50)23(37)17-47/h9-12,18-20,23-26,28-29,47-48H,7-8,13-17,37H2,1-6H3,(H,41,51)(H,42,49)(H,43,52)(H,44,53)(H,45,50)(H,46,54)(H,55,56)(H4,38,39,40)/t23-,24-,25+,26+,28-,29+/m0/s1. The molecule has 0 heterocycles. The fourth-order valence-corrected chi connectivity index (χ4v) is 5.27. The van der Waals surface area contributed by atoms with Crippen LogP contribution in [0.4, 0.5) is 0 Å². The van der Waals surface area contributed by atoms with E-state index in [1.807, 2.05) is 0 Å². The summed E-state index contributed by atoms with van der Waals surface area (Å²) in [6.45, 7) is 9.11. The third-order valence-electron chi connectivity index (χ3n) is 8.38. The first-order valence-electron chi connectivity index (χ1n) is 18.4. The van der Waals surface area contributed by atoms with Gasteiger partial charge in [-0.2, -0.15) is 0 Å². The van der Waals surface area contributed by atoms with Crippen molar-refractivity contribution >= 4 is 47.4 Å². The van der Waals surface area contributed by atoms with E-state index in [1.54, 1.807) is 41.5 Å². The lowest BCUT2D eigenvalue weighted by molar-refractivity contribution is -0.142. The second-order valence-electron chi connectivity index (χ2n) is 14.5. The molecule has 1 aromatic rings. The molecular weight excluding hydrogens is 732 g/mol. The number of aliphatic carboxylic acids is 1. The fraction of sp³-hybridized carbons (Fsp3) is 0.611. The number of carbonyl (C=O) groups is 7. The van der Waals surface area contributed by atoms with Crippen molar-refractivity contribution in [3.63, 3.8) is 0 Å². The van der Waals surface area contributed by atoms with Crippen LogP contribution in [-0.4, -0.2) is 119 Å². The molecule has 6 amide bonds. The van der Waals surface area contributed by atoms with Gasteiger partial charge in [0.1, 0.15) is 42.0 Å². The van der Waals surface area contributed by atoms with E-state index in [2.05, 4.69) is 36.9 Å². The summed E-state index contributed by atoms with van der Waals surface area (Å²) in [5.41, 5.74) is 16.7. The molecule has 314 valence electrons. The number of nitrogens with one attached hydrogen (secondary N) is 6. The van der Waals surface area contributed by atoms with Gasteiger partial charge >= 0.3 is 5.97 Å². The summed E-state index contributed by atoms with van der Waals surface area (Å²) in [6.07, 6.45) is 0.315. The molecule has 0 spiro atoms. The molecule has 0 saturated heterocycles. The highest BCUT2D eigenvalue weighted by Crippen LogP contribution is 2.13. The highest BCUT2D eigenvalue weighted by molar-refractivity contribution is 5.96. The minimum Gasteiger partial charge on any atom is -0.508 e. The van der Waals surface area contributed by atoms with Crippen molar-refractivity contribution in [2.75, 3.05) is 19.7 Å². The zero-order valence-corrected chi connectivity index (χ0v) is 32.8. The molecule has 20 nitrogen and oxygen atoms in total. The lowest BCUT2D eigenvalue weighted by Gasteiger charge is -2.29. The molecule has 0 saturated carbocycles. The Bertz CT molecular complexity index is 1520. The molecule has 0 fully saturated rings. The number of carboxylic acids is 1. The van der Waals surface area contributed by atoms with E-state index >= 15 is 0 Å². The SMILES string of the molecule is CC(C)C[C@@H](NC(=O)CNC(=O)[C@@H](Cc1ccc(O)cc1)NC(=O)[C@@H](NC(=O)[C@H](NC(=O)[C@@H](N)CO)C(C)C)C(C)C)C(=O)N[C@@H](CCCN=C(N)N)C(=O)O. The van der Waals surface area contributed by atoms with E-state index in [-0.39, 0.29) is 49.9 Å². The van der Waals surface area contributed by atoms with Gasteiger partial charge in [-0.25, -0.2) is 4.79 Å². The second kappa shape index (κ2) is 24.1. The normalized spacial score (nSPS) is 14.3. The Morgan fingerprint density at radius 1 is 0.714 bits per heavy atom. The number of carbonyl (C=O) groups excluding carboxylic acids is 6. The van der Waals surface area contributed by atoms with Crippen LogP contribution in [0.3, 0.4) is 0 Å². The second-order valence-corrected chi connectivity index (χ2v) is 14.5. The number of aliphatic hydroxyl groups is 1. The monoisotopic (exact) mass is 792 g/mol. The molecule has 0 radical (unpaired) electrons. The average Bonchev–Trinajstić information content (AvgIpc) is 3.11. The number of guanidine groups is 1. The number of phenols is 1. The number of aliphatic hydroxyl groups excluding tert-OH is 1. The Hall–Kier alpha value is -5.50. The fourth-order valence-electron chi connectivity index (χ4n) is 5.27. The van der Waals surface area contributed by atoms with Gasteiger partial charge in [-0.1, -0.05) is 53.7 Å². The van der Waals surface area contributed by atoms with Gasteiger partial charge < -0.3 is 64.4 Å². The predicted octanol–water partition coefficient (Wildman–Crippen LogP) is -2.71.